The van der Waals surface area contributed by atoms with Crippen LogP contribution in [0.1, 0.15) is 29.4 Å². The molecule has 1 amide bonds. The lowest BCUT2D eigenvalue weighted by Gasteiger charge is -2.08. The quantitative estimate of drug-likeness (QED) is 0.769. The van der Waals surface area contributed by atoms with E-state index in [4.69, 9.17) is 0 Å². The lowest BCUT2D eigenvalue weighted by atomic mass is 10.1. The van der Waals surface area contributed by atoms with Gasteiger partial charge < -0.3 is 10.4 Å². The van der Waals surface area contributed by atoms with Crippen LogP contribution in [0, 0.1) is 0 Å². The smallest absolute Gasteiger partial charge is 0.269 e. The predicted molar refractivity (Wildman–Crippen MR) is 89.6 cm³/mol. The number of H-pyrrole nitrogens is 1. The molecule has 3 rings (SSSR count). The molecule has 1 aromatic carbocycles. The Bertz CT molecular complexity index is 873. The zero-order valence-corrected chi connectivity index (χ0v) is 14.1. The van der Waals surface area contributed by atoms with E-state index in [0.717, 1.165) is 12.0 Å². The van der Waals surface area contributed by atoms with E-state index in [0.29, 0.717) is 17.7 Å². The molecule has 1 aliphatic heterocycles. The van der Waals surface area contributed by atoms with Crippen molar-refractivity contribution in [3.8, 4) is 17.0 Å². The lowest BCUT2D eigenvalue weighted by molar-refractivity contribution is 0.0936. The van der Waals surface area contributed by atoms with Crippen LogP contribution in [0.5, 0.6) is 5.75 Å². The normalized spacial score (nSPS) is 19.3. The number of hydrogen-bond acceptors (Lipinski definition) is 5. The molecule has 3 N–H and O–H groups in total. The Kier molecular flexibility index (Phi) is 4.31. The number of phenolic OH excluding ortho intramolecular Hbond substituents is 1. The van der Waals surface area contributed by atoms with E-state index in [-0.39, 0.29) is 29.0 Å². The number of carbonyl (C=O) groups is 1. The summed E-state index contributed by atoms with van der Waals surface area (Å²) in [6.45, 7) is 2.01. The van der Waals surface area contributed by atoms with Crippen molar-refractivity contribution in [2.75, 3.05) is 11.5 Å². The first-order chi connectivity index (χ1) is 11.4. The minimum atomic E-state index is -3.05. The Morgan fingerprint density at radius 3 is 2.88 bits per heavy atom. The first-order valence-electron chi connectivity index (χ1n) is 7.77. The molecule has 0 aliphatic carbocycles. The van der Waals surface area contributed by atoms with Gasteiger partial charge in [0.25, 0.3) is 5.91 Å². The van der Waals surface area contributed by atoms with Crippen molar-refractivity contribution in [3.63, 3.8) is 0 Å². The second kappa shape index (κ2) is 6.27. The molecule has 24 heavy (non-hydrogen) atoms. The van der Waals surface area contributed by atoms with Crippen LogP contribution in [0.25, 0.3) is 11.3 Å². The van der Waals surface area contributed by atoms with Crippen molar-refractivity contribution >= 4 is 15.7 Å². The second-order valence-corrected chi connectivity index (χ2v) is 8.17. The third kappa shape index (κ3) is 3.43. The topological polar surface area (TPSA) is 112 Å². The highest BCUT2D eigenvalue weighted by atomic mass is 32.2. The summed E-state index contributed by atoms with van der Waals surface area (Å²) in [5, 5.41) is 19.4. The van der Waals surface area contributed by atoms with E-state index in [1.807, 2.05) is 19.1 Å². The largest absolute Gasteiger partial charge is 0.507 e. The van der Waals surface area contributed by atoms with Gasteiger partial charge in [-0.3, -0.25) is 9.89 Å². The fourth-order valence-corrected chi connectivity index (χ4v) is 4.43. The number of phenols is 1. The number of nitrogens with one attached hydrogen (secondary N) is 2. The van der Waals surface area contributed by atoms with E-state index >= 15 is 0 Å². The summed E-state index contributed by atoms with van der Waals surface area (Å²) in [6.07, 6.45) is 1.25. The molecule has 0 unspecified atom stereocenters. The van der Waals surface area contributed by atoms with Crippen LogP contribution in [-0.2, 0) is 16.3 Å². The molecule has 128 valence electrons. The maximum Gasteiger partial charge on any atom is 0.269 e. The highest BCUT2D eigenvalue weighted by molar-refractivity contribution is 7.91. The van der Waals surface area contributed by atoms with E-state index < -0.39 is 15.7 Å². The Labute approximate surface area is 140 Å². The average Bonchev–Trinajstić information content (AvgIpc) is 3.14. The van der Waals surface area contributed by atoms with Gasteiger partial charge in [0.2, 0.25) is 0 Å². The standard InChI is InChI=1S/C16H19N3O4S/c1-2-10-3-4-15(20)12(7-10)13-8-14(19-18-13)16(21)17-11-5-6-24(22,23)9-11/h3-4,7-8,11,20H,2,5-6,9H2,1H3,(H,17,21)(H,18,19)/t11-/m1/s1. The summed E-state index contributed by atoms with van der Waals surface area (Å²) in [5.74, 6) is -0.238. The van der Waals surface area contributed by atoms with Crippen LogP contribution in [0.4, 0.5) is 0 Å². The van der Waals surface area contributed by atoms with Crippen LogP contribution in [0.15, 0.2) is 24.3 Å². The molecule has 1 aromatic heterocycles. The molecule has 1 fully saturated rings. The Hall–Kier alpha value is -2.35. The molecule has 1 atom stereocenters. The number of hydrogen-bond donors (Lipinski definition) is 3. The summed E-state index contributed by atoms with van der Waals surface area (Å²) >= 11 is 0. The van der Waals surface area contributed by atoms with Gasteiger partial charge in [0.05, 0.1) is 17.2 Å². The lowest BCUT2D eigenvalue weighted by Crippen LogP contribution is -2.35. The summed E-state index contributed by atoms with van der Waals surface area (Å²) in [7, 11) is -3.05. The minimum Gasteiger partial charge on any atom is -0.507 e. The van der Waals surface area contributed by atoms with Gasteiger partial charge in [-0.05, 0) is 36.6 Å². The van der Waals surface area contributed by atoms with Crippen molar-refractivity contribution in [3.05, 3.63) is 35.5 Å². The number of aromatic nitrogens is 2. The maximum absolute atomic E-state index is 12.2. The van der Waals surface area contributed by atoms with E-state index in [1.54, 1.807) is 12.1 Å². The van der Waals surface area contributed by atoms with Gasteiger partial charge in [0.15, 0.2) is 9.84 Å². The number of benzene rings is 1. The van der Waals surface area contributed by atoms with Crippen molar-refractivity contribution < 1.29 is 18.3 Å². The first kappa shape index (κ1) is 16.5. The van der Waals surface area contributed by atoms with Gasteiger partial charge >= 0.3 is 0 Å². The maximum atomic E-state index is 12.2. The Morgan fingerprint density at radius 2 is 2.21 bits per heavy atom. The summed E-state index contributed by atoms with van der Waals surface area (Å²) in [5.41, 5.74) is 2.30. The van der Waals surface area contributed by atoms with Crippen LogP contribution < -0.4 is 5.32 Å². The Balaban J connectivity index is 1.77. The van der Waals surface area contributed by atoms with Crippen LogP contribution in [-0.4, -0.2) is 47.2 Å². The van der Waals surface area contributed by atoms with E-state index in [2.05, 4.69) is 15.5 Å². The number of carbonyl (C=O) groups excluding carboxylic acids is 1. The third-order valence-electron chi connectivity index (χ3n) is 4.14. The van der Waals surface area contributed by atoms with Gasteiger partial charge in [-0.1, -0.05) is 13.0 Å². The SMILES string of the molecule is CCc1ccc(O)c(-c2cc(C(=O)N[C@@H]3CCS(=O)(=O)C3)[nH]n2)c1. The molecule has 2 heterocycles. The molecule has 7 nitrogen and oxygen atoms in total. The van der Waals surface area contributed by atoms with Crippen LogP contribution in [0.2, 0.25) is 0 Å². The summed E-state index contributed by atoms with van der Waals surface area (Å²) < 4.78 is 22.9. The number of sulfone groups is 1. The number of rotatable bonds is 4. The van der Waals surface area contributed by atoms with Crippen molar-refractivity contribution in [2.45, 2.75) is 25.8 Å². The monoisotopic (exact) mass is 349 g/mol. The van der Waals surface area contributed by atoms with Gasteiger partial charge in [-0.25, -0.2) is 8.42 Å². The molecule has 0 spiro atoms. The van der Waals surface area contributed by atoms with Gasteiger partial charge in [-0.2, -0.15) is 5.10 Å². The highest BCUT2D eigenvalue weighted by Crippen LogP contribution is 2.29. The first-order valence-corrected chi connectivity index (χ1v) is 9.59. The highest BCUT2D eigenvalue weighted by Gasteiger charge is 2.29. The van der Waals surface area contributed by atoms with E-state index in [9.17, 15) is 18.3 Å². The zero-order chi connectivity index (χ0) is 17.3. The second-order valence-electron chi connectivity index (χ2n) is 5.95. The fourth-order valence-electron chi connectivity index (χ4n) is 2.76. The summed E-state index contributed by atoms with van der Waals surface area (Å²) in [6, 6.07) is 6.45. The van der Waals surface area contributed by atoms with Gasteiger partial charge in [0.1, 0.15) is 11.4 Å². The fraction of sp³-hybridized carbons (Fsp3) is 0.375. The van der Waals surface area contributed by atoms with Gasteiger partial charge in [-0.15, -0.1) is 0 Å². The van der Waals surface area contributed by atoms with Crippen molar-refractivity contribution in [2.24, 2.45) is 0 Å². The van der Waals surface area contributed by atoms with E-state index in [1.165, 1.54) is 0 Å². The van der Waals surface area contributed by atoms with Crippen molar-refractivity contribution in [1.82, 2.24) is 15.5 Å². The number of aromatic amines is 1. The molecule has 0 bridgehead atoms. The average molecular weight is 349 g/mol. The molecule has 1 aliphatic rings. The molecule has 2 aromatic rings. The molecule has 1 saturated heterocycles. The molecular weight excluding hydrogens is 330 g/mol. The zero-order valence-electron chi connectivity index (χ0n) is 13.2. The molecule has 0 saturated carbocycles. The van der Waals surface area contributed by atoms with Crippen molar-refractivity contribution in [1.29, 1.82) is 0 Å². The van der Waals surface area contributed by atoms with Crippen LogP contribution in [0.3, 0.4) is 0 Å². The predicted octanol–water partition coefficient (Wildman–Crippen LogP) is 1.26. The number of aryl methyl sites for hydroxylation is 1. The third-order valence-corrected chi connectivity index (χ3v) is 5.90. The number of aromatic hydroxyl groups is 1. The number of nitrogens with zero attached hydrogens (tertiary/aromatic N) is 1. The molecule has 8 heteroatoms. The van der Waals surface area contributed by atoms with Gasteiger partial charge in [0, 0.05) is 11.6 Å². The minimum absolute atomic E-state index is 0.0287. The molecular formula is C16H19N3O4S. The Morgan fingerprint density at radius 1 is 1.42 bits per heavy atom. The summed E-state index contributed by atoms with van der Waals surface area (Å²) in [4.78, 5) is 12.2. The number of amides is 1. The van der Waals surface area contributed by atoms with Crippen LogP contribution >= 0.6 is 0 Å². The molecule has 0 radical (unpaired) electrons.